The van der Waals surface area contributed by atoms with E-state index in [-0.39, 0.29) is 11.5 Å². The van der Waals surface area contributed by atoms with Gasteiger partial charge in [-0.2, -0.15) is 4.98 Å². The van der Waals surface area contributed by atoms with E-state index < -0.39 is 0 Å². The van der Waals surface area contributed by atoms with Crippen molar-refractivity contribution in [3.8, 4) is 0 Å². The predicted octanol–water partition coefficient (Wildman–Crippen LogP) is 1.34. The summed E-state index contributed by atoms with van der Waals surface area (Å²) in [5.74, 6) is 1.70. The van der Waals surface area contributed by atoms with Gasteiger partial charge in [-0.3, -0.25) is 0 Å². The highest BCUT2D eigenvalue weighted by atomic mass is 16.5. The molecule has 0 aliphatic carbocycles. The van der Waals surface area contributed by atoms with Crippen LogP contribution >= 0.6 is 0 Å². The molecular weight excluding hydrogens is 314 g/mol. The molecule has 9 heteroatoms. The van der Waals surface area contributed by atoms with Gasteiger partial charge in [0.25, 0.3) is 0 Å². The zero-order valence-electron chi connectivity index (χ0n) is 14.5. The lowest BCUT2D eigenvalue weighted by molar-refractivity contribution is 0.0344. The number of morpholine rings is 1. The summed E-state index contributed by atoms with van der Waals surface area (Å²) in [7, 11) is 1.59. The van der Waals surface area contributed by atoms with E-state index in [4.69, 9.17) is 18.4 Å². The molecule has 1 aliphatic rings. The van der Waals surface area contributed by atoms with Gasteiger partial charge in [-0.1, -0.05) is 31.0 Å². The Kier molecular flexibility index (Phi) is 4.81. The Morgan fingerprint density at radius 1 is 1.29 bits per heavy atom. The molecule has 9 nitrogen and oxygen atoms in total. The first-order valence-electron chi connectivity index (χ1n) is 7.96. The van der Waals surface area contributed by atoms with Gasteiger partial charge in [-0.15, -0.1) is 5.10 Å². The van der Waals surface area contributed by atoms with E-state index in [1.807, 2.05) is 25.7 Å². The maximum absolute atomic E-state index is 5.80. The minimum absolute atomic E-state index is 0.0698. The lowest BCUT2D eigenvalue weighted by Gasteiger charge is -2.30. The van der Waals surface area contributed by atoms with Crippen LogP contribution in [-0.4, -0.2) is 53.2 Å². The monoisotopic (exact) mass is 337 g/mol. The molecule has 3 heterocycles. The van der Waals surface area contributed by atoms with Gasteiger partial charge in [-0.05, 0) is 0 Å². The predicted molar refractivity (Wildman–Crippen MR) is 83.7 cm³/mol. The average Bonchev–Trinajstić information content (AvgIpc) is 3.17. The summed E-state index contributed by atoms with van der Waals surface area (Å²) in [6, 6.07) is 0.527. The Morgan fingerprint density at radius 3 is 2.83 bits per heavy atom. The third kappa shape index (κ3) is 3.90. The third-order valence-corrected chi connectivity index (χ3v) is 3.65. The molecule has 0 amide bonds. The second-order valence-corrected chi connectivity index (χ2v) is 6.82. The summed E-state index contributed by atoms with van der Waals surface area (Å²) in [6.07, 6.45) is 0.465. The first kappa shape index (κ1) is 16.8. The van der Waals surface area contributed by atoms with Gasteiger partial charge >= 0.3 is 6.01 Å². The van der Waals surface area contributed by atoms with Gasteiger partial charge in [0.1, 0.15) is 6.61 Å². The molecule has 132 valence electrons. The minimum Gasteiger partial charge on any atom is -0.407 e. The van der Waals surface area contributed by atoms with Crippen LogP contribution in [0.2, 0.25) is 0 Å². The number of methoxy groups -OCH3 is 1. The number of aromatic nitrogens is 4. The van der Waals surface area contributed by atoms with Crippen molar-refractivity contribution in [2.75, 3.05) is 31.7 Å². The number of ether oxygens (including phenoxy) is 2. The van der Waals surface area contributed by atoms with Gasteiger partial charge in [0.15, 0.2) is 5.82 Å². The largest absolute Gasteiger partial charge is 0.407 e. The van der Waals surface area contributed by atoms with Crippen molar-refractivity contribution in [1.29, 1.82) is 0 Å². The maximum atomic E-state index is 5.80. The Morgan fingerprint density at radius 2 is 2.12 bits per heavy atom. The Labute approximate surface area is 140 Å². The van der Waals surface area contributed by atoms with E-state index in [9.17, 15) is 0 Å². The zero-order valence-corrected chi connectivity index (χ0v) is 14.5. The SMILES string of the molecule is COCc1noc(C[C@@H]2CN(c3nnc(C(C)(C)C)o3)CCO2)n1. The Bertz CT molecular complexity index is 663. The molecule has 2 aromatic heterocycles. The second kappa shape index (κ2) is 6.86. The number of nitrogens with zero attached hydrogens (tertiary/aromatic N) is 5. The molecule has 0 N–H and O–H groups in total. The van der Waals surface area contributed by atoms with Crippen molar-refractivity contribution in [2.45, 2.75) is 45.3 Å². The molecule has 0 saturated carbocycles. The summed E-state index contributed by atoms with van der Waals surface area (Å²) in [6.45, 7) is 8.38. The van der Waals surface area contributed by atoms with Crippen LogP contribution in [0.4, 0.5) is 6.01 Å². The molecule has 0 unspecified atom stereocenters. The minimum atomic E-state index is -0.168. The molecule has 1 saturated heterocycles. The third-order valence-electron chi connectivity index (χ3n) is 3.65. The molecule has 0 spiro atoms. The maximum Gasteiger partial charge on any atom is 0.318 e. The van der Waals surface area contributed by atoms with Crippen molar-refractivity contribution < 1.29 is 18.4 Å². The van der Waals surface area contributed by atoms with Crippen molar-refractivity contribution in [1.82, 2.24) is 20.3 Å². The van der Waals surface area contributed by atoms with Crippen LogP contribution in [0.1, 0.15) is 38.4 Å². The van der Waals surface area contributed by atoms with Gasteiger partial charge in [-0.25, -0.2) is 0 Å². The highest BCUT2D eigenvalue weighted by molar-refractivity contribution is 5.26. The lowest BCUT2D eigenvalue weighted by atomic mass is 9.97. The quantitative estimate of drug-likeness (QED) is 0.800. The lowest BCUT2D eigenvalue weighted by Crippen LogP contribution is -2.43. The van der Waals surface area contributed by atoms with Crippen LogP contribution in [0, 0.1) is 0 Å². The van der Waals surface area contributed by atoms with Gasteiger partial charge in [0.05, 0.1) is 19.1 Å². The van der Waals surface area contributed by atoms with Crippen LogP contribution in [-0.2, 0) is 27.9 Å². The molecule has 24 heavy (non-hydrogen) atoms. The smallest absolute Gasteiger partial charge is 0.318 e. The summed E-state index contributed by atoms with van der Waals surface area (Å²) in [4.78, 5) is 6.31. The first-order chi connectivity index (χ1) is 11.5. The average molecular weight is 337 g/mol. The fraction of sp³-hybridized carbons (Fsp3) is 0.733. The van der Waals surface area contributed by atoms with Crippen molar-refractivity contribution >= 4 is 6.01 Å². The van der Waals surface area contributed by atoms with E-state index in [2.05, 4.69) is 20.3 Å². The summed E-state index contributed by atoms with van der Waals surface area (Å²) >= 11 is 0. The number of hydrogen-bond donors (Lipinski definition) is 0. The van der Waals surface area contributed by atoms with Crippen molar-refractivity contribution in [3.05, 3.63) is 17.6 Å². The molecule has 2 aromatic rings. The van der Waals surface area contributed by atoms with Crippen LogP contribution in [0.5, 0.6) is 0 Å². The van der Waals surface area contributed by atoms with Crippen LogP contribution in [0.15, 0.2) is 8.94 Å². The highest BCUT2D eigenvalue weighted by Crippen LogP contribution is 2.25. The van der Waals surface area contributed by atoms with Crippen molar-refractivity contribution in [2.24, 2.45) is 0 Å². The second-order valence-electron chi connectivity index (χ2n) is 6.82. The number of hydrogen-bond acceptors (Lipinski definition) is 9. The topological polar surface area (TPSA) is 99.5 Å². The van der Waals surface area contributed by atoms with Crippen LogP contribution in [0.25, 0.3) is 0 Å². The number of anilines is 1. The van der Waals surface area contributed by atoms with E-state index >= 15 is 0 Å². The van der Waals surface area contributed by atoms with Crippen LogP contribution in [0.3, 0.4) is 0 Å². The fourth-order valence-corrected chi connectivity index (χ4v) is 2.42. The normalized spacial score (nSPS) is 19.0. The van der Waals surface area contributed by atoms with E-state index in [0.29, 0.717) is 56.3 Å². The Hall–Kier alpha value is -2.00. The van der Waals surface area contributed by atoms with Gasteiger partial charge < -0.3 is 23.3 Å². The molecule has 0 radical (unpaired) electrons. The fourth-order valence-electron chi connectivity index (χ4n) is 2.42. The van der Waals surface area contributed by atoms with E-state index in [1.165, 1.54) is 0 Å². The summed E-state index contributed by atoms with van der Waals surface area (Å²) < 4.78 is 21.8. The molecule has 3 rings (SSSR count). The molecule has 1 aliphatic heterocycles. The van der Waals surface area contributed by atoms with Gasteiger partial charge in [0.2, 0.25) is 11.8 Å². The van der Waals surface area contributed by atoms with Crippen molar-refractivity contribution in [3.63, 3.8) is 0 Å². The molecular formula is C15H23N5O4. The molecule has 1 atom stereocenters. The number of rotatable bonds is 5. The first-order valence-corrected chi connectivity index (χ1v) is 7.96. The molecule has 1 fully saturated rings. The van der Waals surface area contributed by atoms with Crippen LogP contribution < -0.4 is 4.90 Å². The van der Waals surface area contributed by atoms with E-state index in [1.54, 1.807) is 7.11 Å². The molecule has 0 aromatic carbocycles. The van der Waals surface area contributed by atoms with E-state index in [0.717, 1.165) is 0 Å². The summed E-state index contributed by atoms with van der Waals surface area (Å²) in [5, 5.41) is 12.2. The zero-order chi connectivity index (χ0) is 17.2. The standard InChI is InChI=1S/C15H23N5O4/c1-15(2,3)13-17-18-14(23-13)20-5-6-22-10(8-20)7-12-16-11(9-21-4)19-24-12/h10H,5-9H2,1-4H3/t10-/m1/s1. The highest BCUT2D eigenvalue weighted by Gasteiger charge is 2.28. The van der Waals surface area contributed by atoms with Gasteiger partial charge in [0, 0.05) is 25.6 Å². The summed E-state index contributed by atoms with van der Waals surface area (Å²) in [5.41, 5.74) is -0.168. The molecule has 0 bridgehead atoms. The Balaban J connectivity index is 1.62.